The van der Waals surface area contributed by atoms with E-state index in [-0.39, 0.29) is 17.5 Å². The molecule has 4 heteroatoms. The number of carbonyl (C=O) groups is 1. The van der Waals surface area contributed by atoms with Crippen LogP contribution in [0.2, 0.25) is 0 Å². The predicted molar refractivity (Wildman–Crippen MR) is 73.3 cm³/mol. The van der Waals surface area contributed by atoms with Crippen molar-refractivity contribution < 1.29 is 13.6 Å². The van der Waals surface area contributed by atoms with Crippen LogP contribution in [0.5, 0.6) is 0 Å². The fraction of sp³-hybridized carbons (Fsp3) is 0.133. The van der Waals surface area contributed by atoms with E-state index in [1.807, 2.05) is 0 Å². The molecule has 0 radical (unpaired) electrons. The van der Waals surface area contributed by atoms with E-state index in [2.05, 4.69) is 15.9 Å². The molecule has 2 aromatic carbocycles. The number of hydrogen-bond acceptors (Lipinski definition) is 1. The van der Waals surface area contributed by atoms with Crippen molar-refractivity contribution in [1.29, 1.82) is 0 Å². The molecule has 1 nitrogen and oxygen atoms in total. The van der Waals surface area contributed by atoms with Crippen molar-refractivity contribution in [2.75, 3.05) is 0 Å². The van der Waals surface area contributed by atoms with E-state index in [1.54, 1.807) is 19.1 Å². The van der Waals surface area contributed by atoms with Crippen LogP contribution in [0.15, 0.2) is 40.9 Å². The summed E-state index contributed by atoms with van der Waals surface area (Å²) < 4.78 is 27.8. The molecule has 98 valence electrons. The van der Waals surface area contributed by atoms with Crippen molar-refractivity contribution in [3.8, 4) is 0 Å². The molecule has 0 atom stereocenters. The lowest BCUT2D eigenvalue weighted by Crippen LogP contribution is -2.08. The zero-order valence-corrected chi connectivity index (χ0v) is 11.8. The number of carbonyl (C=O) groups excluding carboxylic acids is 1. The van der Waals surface area contributed by atoms with Gasteiger partial charge in [-0.05, 0) is 36.8 Å². The third-order valence-electron chi connectivity index (χ3n) is 2.79. The van der Waals surface area contributed by atoms with Crippen LogP contribution in [-0.2, 0) is 6.42 Å². The summed E-state index contributed by atoms with van der Waals surface area (Å²) in [6.07, 6.45) is -0.153. The van der Waals surface area contributed by atoms with Crippen LogP contribution in [-0.4, -0.2) is 5.78 Å². The van der Waals surface area contributed by atoms with Gasteiger partial charge in [0.05, 0.1) is 5.56 Å². The summed E-state index contributed by atoms with van der Waals surface area (Å²) in [5, 5.41) is 0. The first kappa shape index (κ1) is 13.9. The Kier molecular flexibility index (Phi) is 4.10. The second kappa shape index (κ2) is 5.61. The topological polar surface area (TPSA) is 17.1 Å². The van der Waals surface area contributed by atoms with Crippen LogP contribution >= 0.6 is 15.9 Å². The van der Waals surface area contributed by atoms with Crippen LogP contribution in [0.25, 0.3) is 0 Å². The van der Waals surface area contributed by atoms with Gasteiger partial charge in [-0.25, -0.2) is 8.78 Å². The Bertz CT molecular complexity index is 638. The molecule has 0 heterocycles. The minimum absolute atomic E-state index is 0.00215. The number of Topliss-reactive ketones (excluding diaryl/α,β-unsaturated/α-hetero) is 1. The molecular weight excluding hydrogens is 314 g/mol. The van der Waals surface area contributed by atoms with Crippen LogP contribution in [0.3, 0.4) is 0 Å². The van der Waals surface area contributed by atoms with E-state index < -0.39 is 17.4 Å². The zero-order valence-electron chi connectivity index (χ0n) is 10.2. The molecule has 0 spiro atoms. The molecule has 0 unspecified atom stereocenters. The van der Waals surface area contributed by atoms with E-state index in [0.717, 1.165) is 5.56 Å². The smallest absolute Gasteiger partial charge is 0.170 e. The van der Waals surface area contributed by atoms with E-state index in [9.17, 15) is 13.6 Å². The average molecular weight is 325 g/mol. The molecule has 0 aromatic heterocycles. The third-order valence-corrected chi connectivity index (χ3v) is 3.28. The molecule has 0 fully saturated rings. The predicted octanol–water partition coefficient (Wildman–Crippen LogP) is 4.46. The summed E-state index contributed by atoms with van der Waals surface area (Å²) in [6.45, 7) is 1.77. The molecule has 2 rings (SSSR count). The first-order chi connectivity index (χ1) is 8.97. The zero-order chi connectivity index (χ0) is 14.0. The van der Waals surface area contributed by atoms with Gasteiger partial charge in [-0.15, -0.1) is 0 Å². The van der Waals surface area contributed by atoms with Gasteiger partial charge in [-0.2, -0.15) is 0 Å². The summed E-state index contributed by atoms with van der Waals surface area (Å²) in [5.41, 5.74) is 1.05. The Hall–Kier alpha value is -1.55. The van der Waals surface area contributed by atoms with Crippen LogP contribution < -0.4 is 0 Å². The maximum atomic E-state index is 13.6. The highest BCUT2D eigenvalue weighted by atomic mass is 79.9. The summed E-state index contributed by atoms with van der Waals surface area (Å²) in [5.74, 6) is -1.48. The SMILES string of the molecule is Cc1ccc(F)c(C(=O)Cc2ccc(Br)cc2F)c1. The molecule has 19 heavy (non-hydrogen) atoms. The standard InChI is InChI=1S/C15H11BrF2O/c1-9-2-5-13(17)12(6-9)15(19)7-10-3-4-11(16)8-14(10)18/h2-6,8H,7H2,1H3. The summed E-state index contributed by atoms with van der Waals surface area (Å²) in [4.78, 5) is 12.0. The quantitative estimate of drug-likeness (QED) is 0.762. The fourth-order valence-electron chi connectivity index (χ4n) is 1.79. The summed E-state index contributed by atoms with van der Waals surface area (Å²) in [6, 6.07) is 8.78. The Morgan fingerprint density at radius 1 is 1.11 bits per heavy atom. The summed E-state index contributed by atoms with van der Waals surface area (Å²) >= 11 is 3.14. The van der Waals surface area contributed by atoms with Gasteiger partial charge in [0.2, 0.25) is 0 Å². The van der Waals surface area contributed by atoms with Crippen LogP contribution in [0.1, 0.15) is 21.5 Å². The largest absolute Gasteiger partial charge is 0.294 e. The van der Waals surface area contributed by atoms with Crippen LogP contribution in [0.4, 0.5) is 8.78 Å². The highest BCUT2D eigenvalue weighted by Gasteiger charge is 2.14. The van der Waals surface area contributed by atoms with Gasteiger partial charge in [0.15, 0.2) is 5.78 Å². The number of benzene rings is 2. The Labute approximate surface area is 118 Å². The van der Waals surface area contributed by atoms with Crippen molar-refractivity contribution in [3.05, 3.63) is 69.2 Å². The molecule has 2 aromatic rings. The second-order valence-electron chi connectivity index (χ2n) is 4.32. The number of halogens is 3. The van der Waals surface area contributed by atoms with Gasteiger partial charge in [-0.1, -0.05) is 33.6 Å². The maximum absolute atomic E-state index is 13.6. The lowest BCUT2D eigenvalue weighted by atomic mass is 10.0. The molecule has 0 aliphatic heterocycles. The molecule has 0 aliphatic carbocycles. The fourth-order valence-corrected chi connectivity index (χ4v) is 2.12. The minimum Gasteiger partial charge on any atom is -0.294 e. The van der Waals surface area contributed by atoms with Crippen molar-refractivity contribution in [2.45, 2.75) is 13.3 Å². The first-order valence-corrected chi connectivity index (χ1v) is 6.50. The molecule has 0 saturated carbocycles. The van der Waals surface area contributed by atoms with Crippen molar-refractivity contribution in [2.24, 2.45) is 0 Å². The Morgan fingerprint density at radius 2 is 1.84 bits per heavy atom. The van der Waals surface area contributed by atoms with E-state index in [0.29, 0.717) is 4.47 Å². The molecule has 0 saturated heterocycles. The average Bonchev–Trinajstić information content (AvgIpc) is 2.35. The van der Waals surface area contributed by atoms with Crippen molar-refractivity contribution in [3.63, 3.8) is 0 Å². The van der Waals surface area contributed by atoms with E-state index in [4.69, 9.17) is 0 Å². The van der Waals surface area contributed by atoms with Gasteiger partial charge in [0.1, 0.15) is 11.6 Å². The van der Waals surface area contributed by atoms with Gasteiger partial charge in [-0.3, -0.25) is 4.79 Å². The van der Waals surface area contributed by atoms with Gasteiger partial charge < -0.3 is 0 Å². The maximum Gasteiger partial charge on any atom is 0.170 e. The molecule has 0 bridgehead atoms. The van der Waals surface area contributed by atoms with Gasteiger partial charge in [0.25, 0.3) is 0 Å². The number of rotatable bonds is 3. The van der Waals surface area contributed by atoms with Crippen molar-refractivity contribution in [1.82, 2.24) is 0 Å². The minimum atomic E-state index is -0.576. The van der Waals surface area contributed by atoms with Gasteiger partial charge in [0, 0.05) is 10.9 Å². The number of ketones is 1. The highest BCUT2D eigenvalue weighted by Crippen LogP contribution is 2.18. The lowest BCUT2D eigenvalue weighted by molar-refractivity contribution is 0.0988. The number of hydrogen-bond donors (Lipinski definition) is 0. The number of aryl methyl sites for hydroxylation is 1. The van der Waals surface area contributed by atoms with E-state index >= 15 is 0 Å². The van der Waals surface area contributed by atoms with E-state index in [1.165, 1.54) is 24.3 Å². The summed E-state index contributed by atoms with van der Waals surface area (Å²) in [7, 11) is 0. The molecule has 0 aliphatic rings. The second-order valence-corrected chi connectivity index (χ2v) is 5.23. The monoisotopic (exact) mass is 324 g/mol. The highest BCUT2D eigenvalue weighted by molar-refractivity contribution is 9.10. The Morgan fingerprint density at radius 3 is 2.53 bits per heavy atom. The Balaban J connectivity index is 2.28. The lowest BCUT2D eigenvalue weighted by Gasteiger charge is -2.05. The molecular formula is C15H11BrF2O. The first-order valence-electron chi connectivity index (χ1n) is 5.70. The third kappa shape index (κ3) is 3.26. The van der Waals surface area contributed by atoms with Crippen LogP contribution in [0, 0.1) is 18.6 Å². The molecule has 0 N–H and O–H groups in total. The van der Waals surface area contributed by atoms with Crippen molar-refractivity contribution >= 4 is 21.7 Å². The van der Waals surface area contributed by atoms with Gasteiger partial charge >= 0.3 is 0 Å². The normalized spacial score (nSPS) is 10.5. The molecule has 0 amide bonds.